The van der Waals surface area contributed by atoms with Gasteiger partial charge in [0, 0.05) is 34.7 Å². The molecule has 4 nitrogen and oxygen atoms in total. The van der Waals surface area contributed by atoms with E-state index in [-0.39, 0.29) is 5.41 Å². The van der Waals surface area contributed by atoms with Crippen LogP contribution in [0.3, 0.4) is 0 Å². The third-order valence-corrected chi connectivity index (χ3v) is 5.16. The summed E-state index contributed by atoms with van der Waals surface area (Å²) in [5, 5.41) is 3.61. The zero-order chi connectivity index (χ0) is 15.0. The normalized spacial score (nSPS) is 26.1. The molecule has 0 radical (unpaired) electrons. The van der Waals surface area contributed by atoms with Crippen LogP contribution >= 0.6 is 15.9 Å². The summed E-state index contributed by atoms with van der Waals surface area (Å²) in [6.07, 6.45) is 1.36. The molecule has 0 amide bonds. The van der Waals surface area contributed by atoms with Gasteiger partial charge in [-0.15, -0.1) is 0 Å². The highest BCUT2D eigenvalue weighted by Gasteiger charge is 2.49. The smallest absolute Gasteiger partial charge is 0.163 e. The molecule has 0 bridgehead atoms. The number of halogens is 1. The Morgan fingerprint density at radius 2 is 1.95 bits per heavy atom. The van der Waals surface area contributed by atoms with E-state index in [1.54, 1.807) is 0 Å². The zero-order valence-corrected chi connectivity index (χ0v) is 14.3. The van der Waals surface area contributed by atoms with Gasteiger partial charge in [-0.05, 0) is 29.3 Å². The molecule has 1 fully saturated rings. The highest BCUT2D eigenvalue weighted by molar-refractivity contribution is 9.10. The van der Waals surface area contributed by atoms with Crippen LogP contribution in [0.1, 0.15) is 27.2 Å². The van der Waals surface area contributed by atoms with E-state index >= 15 is 0 Å². The van der Waals surface area contributed by atoms with Gasteiger partial charge in [-0.2, -0.15) is 0 Å². The minimum atomic E-state index is 0.128. The second-order valence-electron chi connectivity index (χ2n) is 6.17. The Bertz CT molecular complexity index is 532. The second-order valence-corrected chi connectivity index (χ2v) is 7.03. The molecule has 2 aliphatic rings. The molecule has 2 atom stereocenters. The molecule has 1 aromatic rings. The molecule has 1 heterocycles. The van der Waals surface area contributed by atoms with Gasteiger partial charge in [0.05, 0.1) is 11.8 Å². The maximum Gasteiger partial charge on any atom is 0.163 e. The molecule has 0 saturated heterocycles. The van der Waals surface area contributed by atoms with Crippen molar-refractivity contribution in [2.24, 2.45) is 5.41 Å². The number of hydrogen-bond donors (Lipinski definition) is 1. The van der Waals surface area contributed by atoms with Crippen molar-refractivity contribution in [2.45, 2.75) is 39.3 Å². The Morgan fingerprint density at radius 1 is 1.29 bits per heavy atom. The number of ether oxygens (including phenoxy) is 3. The maximum absolute atomic E-state index is 5.79. The predicted octanol–water partition coefficient (Wildman–Crippen LogP) is 3.84. The summed E-state index contributed by atoms with van der Waals surface area (Å²) in [7, 11) is 0. The van der Waals surface area contributed by atoms with Gasteiger partial charge in [0.25, 0.3) is 0 Å². The molecule has 3 rings (SSSR count). The topological polar surface area (TPSA) is 39.7 Å². The summed E-state index contributed by atoms with van der Waals surface area (Å²) in [6, 6.07) is 4.39. The van der Waals surface area contributed by atoms with Crippen LogP contribution in [0, 0.1) is 5.41 Å². The molecule has 1 saturated carbocycles. The van der Waals surface area contributed by atoms with Crippen LogP contribution < -0.4 is 14.8 Å². The summed E-state index contributed by atoms with van der Waals surface area (Å²) in [5.74, 6) is 1.61. The number of fused-ring (bicyclic) bond motifs is 1. The molecule has 0 spiro atoms. The van der Waals surface area contributed by atoms with Crippen molar-refractivity contribution in [1.82, 2.24) is 0 Å². The summed E-state index contributed by atoms with van der Waals surface area (Å²) >= 11 is 3.61. The lowest BCUT2D eigenvalue weighted by atomic mass is 9.64. The van der Waals surface area contributed by atoms with E-state index in [4.69, 9.17) is 14.2 Å². The van der Waals surface area contributed by atoms with E-state index in [0.29, 0.717) is 25.4 Å². The average Bonchev–Trinajstić information content (AvgIpc) is 2.46. The molecule has 116 valence electrons. The monoisotopic (exact) mass is 355 g/mol. The number of rotatable bonds is 4. The number of benzene rings is 1. The van der Waals surface area contributed by atoms with Crippen LogP contribution in [-0.2, 0) is 4.74 Å². The Hall–Kier alpha value is -0.940. The summed E-state index contributed by atoms with van der Waals surface area (Å²) in [5.41, 5.74) is 1.18. The van der Waals surface area contributed by atoms with Crippen molar-refractivity contribution in [3.63, 3.8) is 0 Å². The highest BCUT2D eigenvalue weighted by atomic mass is 79.9. The fourth-order valence-corrected chi connectivity index (χ4v) is 3.41. The molecule has 21 heavy (non-hydrogen) atoms. The molecular formula is C16H22BrNO3. The van der Waals surface area contributed by atoms with Crippen LogP contribution in [0.5, 0.6) is 11.5 Å². The molecule has 1 N–H and O–H groups in total. The Balaban J connectivity index is 1.74. The number of hydrogen-bond acceptors (Lipinski definition) is 4. The first-order valence-electron chi connectivity index (χ1n) is 7.49. The van der Waals surface area contributed by atoms with E-state index in [1.807, 2.05) is 19.1 Å². The van der Waals surface area contributed by atoms with Crippen molar-refractivity contribution in [3.05, 3.63) is 16.6 Å². The Morgan fingerprint density at radius 3 is 2.57 bits per heavy atom. The van der Waals surface area contributed by atoms with Crippen LogP contribution in [0.2, 0.25) is 0 Å². The van der Waals surface area contributed by atoms with Gasteiger partial charge in [0.15, 0.2) is 11.5 Å². The molecule has 2 unspecified atom stereocenters. The first kappa shape index (κ1) is 15.0. The highest BCUT2D eigenvalue weighted by Crippen LogP contribution is 2.46. The van der Waals surface area contributed by atoms with E-state index in [0.717, 1.165) is 34.7 Å². The SMILES string of the molecule is CCOC1CC(Nc2cc3c(cc2Br)OCCO3)C1(C)C. The van der Waals surface area contributed by atoms with Crippen molar-refractivity contribution in [3.8, 4) is 11.5 Å². The minimum Gasteiger partial charge on any atom is -0.486 e. The third kappa shape index (κ3) is 2.73. The van der Waals surface area contributed by atoms with Crippen molar-refractivity contribution < 1.29 is 14.2 Å². The standard InChI is InChI=1S/C16H22BrNO3/c1-4-19-15-9-14(16(15,2)3)18-11-8-13-12(7-10(11)17)20-5-6-21-13/h7-8,14-15,18H,4-6,9H2,1-3H3. The molecular weight excluding hydrogens is 334 g/mol. The van der Waals surface area contributed by atoms with Crippen molar-refractivity contribution in [2.75, 3.05) is 25.1 Å². The van der Waals surface area contributed by atoms with Gasteiger partial charge in [0.2, 0.25) is 0 Å². The zero-order valence-electron chi connectivity index (χ0n) is 12.7. The summed E-state index contributed by atoms with van der Waals surface area (Å²) in [6.45, 7) is 8.54. The van der Waals surface area contributed by atoms with Crippen molar-refractivity contribution >= 4 is 21.6 Å². The molecule has 1 aromatic carbocycles. The first-order chi connectivity index (χ1) is 10.0. The third-order valence-electron chi connectivity index (χ3n) is 4.51. The molecule has 5 heteroatoms. The Kier molecular flexibility index (Phi) is 4.06. The number of nitrogens with one attached hydrogen (secondary N) is 1. The predicted molar refractivity (Wildman–Crippen MR) is 86.4 cm³/mol. The molecule has 1 aliphatic carbocycles. The van der Waals surface area contributed by atoms with Gasteiger partial charge in [-0.25, -0.2) is 0 Å². The van der Waals surface area contributed by atoms with Gasteiger partial charge in [-0.3, -0.25) is 0 Å². The molecule has 0 aromatic heterocycles. The van der Waals surface area contributed by atoms with Crippen LogP contribution in [-0.4, -0.2) is 32.0 Å². The van der Waals surface area contributed by atoms with Crippen molar-refractivity contribution in [1.29, 1.82) is 0 Å². The van der Waals surface area contributed by atoms with E-state index in [2.05, 4.69) is 35.1 Å². The maximum atomic E-state index is 5.79. The molecule has 1 aliphatic heterocycles. The lowest BCUT2D eigenvalue weighted by Gasteiger charge is -2.52. The van der Waals surface area contributed by atoms with Crippen LogP contribution in [0.25, 0.3) is 0 Å². The summed E-state index contributed by atoms with van der Waals surface area (Å²) in [4.78, 5) is 0. The summed E-state index contributed by atoms with van der Waals surface area (Å²) < 4.78 is 18.0. The van der Waals surface area contributed by atoms with E-state index in [9.17, 15) is 0 Å². The van der Waals surface area contributed by atoms with Crippen LogP contribution in [0.4, 0.5) is 5.69 Å². The fourth-order valence-electron chi connectivity index (χ4n) is 2.98. The quantitative estimate of drug-likeness (QED) is 0.890. The number of anilines is 1. The lowest BCUT2D eigenvalue weighted by molar-refractivity contribution is -0.0976. The van der Waals surface area contributed by atoms with E-state index < -0.39 is 0 Å². The average molecular weight is 356 g/mol. The largest absolute Gasteiger partial charge is 0.486 e. The van der Waals surface area contributed by atoms with Gasteiger partial charge < -0.3 is 19.5 Å². The minimum absolute atomic E-state index is 0.128. The van der Waals surface area contributed by atoms with Gasteiger partial charge >= 0.3 is 0 Å². The van der Waals surface area contributed by atoms with Gasteiger partial charge in [-0.1, -0.05) is 13.8 Å². The first-order valence-corrected chi connectivity index (χ1v) is 8.29. The van der Waals surface area contributed by atoms with Gasteiger partial charge in [0.1, 0.15) is 13.2 Å². The second kappa shape index (κ2) is 5.69. The Labute approximate surface area is 134 Å². The fraction of sp³-hybridized carbons (Fsp3) is 0.625. The van der Waals surface area contributed by atoms with E-state index in [1.165, 1.54) is 0 Å². The van der Waals surface area contributed by atoms with Crippen LogP contribution in [0.15, 0.2) is 16.6 Å². The lowest BCUT2D eigenvalue weighted by Crippen LogP contribution is -2.58.